The van der Waals surface area contributed by atoms with Gasteiger partial charge in [0.2, 0.25) is 0 Å². The molecule has 110 valence electrons. The number of nitrogens with one attached hydrogen (secondary N) is 3. The molecule has 20 heavy (non-hydrogen) atoms. The van der Waals surface area contributed by atoms with Crippen LogP contribution < -0.4 is 15.5 Å². The molecular weight excluding hydrogens is 285 g/mol. The van der Waals surface area contributed by atoms with Crippen molar-refractivity contribution in [1.82, 2.24) is 10.6 Å². The largest absolute Gasteiger partial charge is 0.338 e. The van der Waals surface area contributed by atoms with Crippen LogP contribution in [0.15, 0.2) is 18.2 Å². The molecular formula is C13H18ClFN3O2+. The van der Waals surface area contributed by atoms with Crippen LogP contribution in [0.5, 0.6) is 0 Å². The number of carbonyl (C=O) groups excluding carboxylic acids is 2. The van der Waals surface area contributed by atoms with Crippen LogP contribution in [0.3, 0.4) is 0 Å². The number of benzene rings is 1. The van der Waals surface area contributed by atoms with Crippen LogP contribution >= 0.6 is 11.6 Å². The number of carbonyl (C=O) groups is 2. The average molecular weight is 303 g/mol. The molecule has 3 amide bonds. The van der Waals surface area contributed by atoms with Gasteiger partial charge in [0, 0.05) is 6.54 Å². The highest BCUT2D eigenvalue weighted by Crippen LogP contribution is 2.17. The molecule has 0 aliphatic rings. The molecule has 0 fully saturated rings. The summed E-state index contributed by atoms with van der Waals surface area (Å²) in [6.07, 6.45) is 0. The van der Waals surface area contributed by atoms with E-state index in [0.29, 0.717) is 17.1 Å². The van der Waals surface area contributed by atoms with E-state index in [1.165, 1.54) is 12.1 Å². The second kappa shape index (κ2) is 7.81. The smallest absolute Gasteiger partial charge is 0.321 e. The van der Waals surface area contributed by atoms with Gasteiger partial charge in [-0.15, -0.1) is 0 Å². The maximum Gasteiger partial charge on any atom is 0.321 e. The number of amides is 3. The van der Waals surface area contributed by atoms with Crippen LogP contribution in [0.25, 0.3) is 0 Å². The third-order valence-electron chi connectivity index (χ3n) is 2.59. The number of halogens is 2. The Morgan fingerprint density at radius 3 is 2.70 bits per heavy atom. The first-order valence-electron chi connectivity index (χ1n) is 6.26. The van der Waals surface area contributed by atoms with E-state index in [9.17, 15) is 14.0 Å². The van der Waals surface area contributed by atoms with Crippen LogP contribution in [0.4, 0.5) is 9.18 Å². The lowest BCUT2D eigenvalue weighted by molar-refractivity contribution is -0.885. The van der Waals surface area contributed by atoms with E-state index in [1.54, 1.807) is 20.0 Å². The van der Waals surface area contributed by atoms with Crippen molar-refractivity contribution in [3.05, 3.63) is 34.6 Å². The topological polar surface area (TPSA) is 62.6 Å². The van der Waals surface area contributed by atoms with Gasteiger partial charge in [0.25, 0.3) is 5.91 Å². The summed E-state index contributed by atoms with van der Waals surface area (Å²) in [5, 5.41) is 4.97. The van der Waals surface area contributed by atoms with E-state index >= 15 is 0 Å². The zero-order chi connectivity index (χ0) is 15.1. The summed E-state index contributed by atoms with van der Waals surface area (Å²) in [6.45, 7) is 2.49. The average Bonchev–Trinajstić information content (AvgIpc) is 2.34. The van der Waals surface area contributed by atoms with E-state index in [4.69, 9.17) is 11.6 Å². The summed E-state index contributed by atoms with van der Waals surface area (Å²) in [7, 11) is 1.72. The molecule has 0 radical (unpaired) electrons. The number of hydrogen-bond acceptors (Lipinski definition) is 2. The Balaban J connectivity index is 2.53. The molecule has 1 rings (SSSR count). The monoisotopic (exact) mass is 302 g/mol. The molecule has 1 atom stereocenters. The lowest BCUT2D eigenvalue weighted by Crippen LogP contribution is -3.09. The summed E-state index contributed by atoms with van der Waals surface area (Å²) in [5.41, 5.74) is 0.359. The number of hydrogen-bond donors (Lipinski definition) is 3. The zero-order valence-electron chi connectivity index (χ0n) is 11.4. The van der Waals surface area contributed by atoms with Gasteiger partial charge in [-0.3, -0.25) is 10.1 Å². The molecule has 0 aliphatic heterocycles. The predicted molar refractivity (Wildman–Crippen MR) is 74.1 cm³/mol. The Bertz CT molecular complexity index is 476. The Labute approximate surface area is 122 Å². The maximum atomic E-state index is 13.6. The minimum absolute atomic E-state index is 0.0434. The van der Waals surface area contributed by atoms with Crippen molar-refractivity contribution in [2.45, 2.75) is 13.5 Å². The molecule has 7 heteroatoms. The van der Waals surface area contributed by atoms with Gasteiger partial charge in [0.1, 0.15) is 12.4 Å². The SMILES string of the molecule is CCNC(=O)NC(=O)C[NH+](C)Cc1c(F)cccc1Cl. The maximum absolute atomic E-state index is 13.6. The highest BCUT2D eigenvalue weighted by molar-refractivity contribution is 6.31. The van der Waals surface area contributed by atoms with Gasteiger partial charge in [-0.05, 0) is 19.1 Å². The van der Waals surface area contributed by atoms with Gasteiger partial charge in [-0.1, -0.05) is 17.7 Å². The third kappa shape index (κ3) is 5.14. The fourth-order valence-corrected chi connectivity index (χ4v) is 1.94. The Morgan fingerprint density at radius 1 is 1.40 bits per heavy atom. The molecule has 1 aromatic rings. The molecule has 5 nitrogen and oxygen atoms in total. The Kier molecular flexibility index (Phi) is 6.41. The standard InChI is InChI=1S/C13H17ClFN3O2/c1-3-16-13(20)17-12(19)8-18(2)7-9-10(14)5-4-6-11(9)15/h4-6H,3,7-8H2,1-2H3,(H2,16,17,19,20)/p+1. The third-order valence-corrected chi connectivity index (χ3v) is 2.95. The van der Waals surface area contributed by atoms with Gasteiger partial charge in [0.15, 0.2) is 6.54 Å². The lowest BCUT2D eigenvalue weighted by Gasteiger charge is -2.14. The van der Waals surface area contributed by atoms with Gasteiger partial charge in [-0.25, -0.2) is 9.18 Å². The molecule has 0 spiro atoms. The number of likely N-dealkylation sites (N-methyl/N-ethyl adjacent to an activating group) is 1. The minimum Gasteiger partial charge on any atom is -0.338 e. The fourth-order valence-electron chi connectivity index (χ4n) is 1.72. The van der Waals surface area contributed by atoms with E-state index < -0.39 is 17.8 Å². The molecule has 0 aromatic heterocycles. The van der Waals surface area contributed by atoms with Crippen molar-refractivity contribution in [2.75, 3.05) is 20.1 Å². The van der Waals surface area contributed by atoms with Gasteiger partial charge in [-0.2, -0.15) is 0 Å². The van der Waals surface area contributed by atoms with Crippen molar-refractivity contribution in [3.63, 3.8) is 0 Å². The number of rotatable bonds is 5. The van der Waals surface area contributed by atoms with E-state index in [0.717, 1.165) is 4.90 Å². The number of imide groups is 1. The Hall–Kier alpha value is -1.66. The number of quaternary nitrogens is 1. The molecule has 1 aromatic carbocycles. The fraction of sp³-hybridized carbons (Fsp3) is 0.385. The van der Waals surface area contributed by atoms with Gasteiger partial charge >= 0.3 is 6.03 Å². The highest BCUT2D eigenvalue weighted by Gasteiger charge is 2.16. The predicted octanol–water partition coefficient (Wildman–Crippen LogP) is 0.340. The molecule has 0 heterocycles. The molecule has 0 saturated carbocycles. The summed E-state index contributed by atoms with van der Waals surface area (Å²) < 4.78 is 13.6. The molecule has 3 N–H and O–H groups in total. The second-order valence-electron chi connectivity index (χ2n) is 4.42. The highest BCUT2D eigenvalue weighted by atomic mass is 35.5. The first kappa shape index (κ1) is 16.4. The zero-order valence-corrected chi connectivity index (χ0v) is 12.2. The molecule has 1 unspecified atom stereocenters. The van der Waals surface area contributed by atoms with Crippen molar-refractivity contribution < 1.29 is 18.9 Å². The van der Waals surface area contributed by atoms with Crippen molar-refractivity contribution >= 4 is 23.5 Å². The van der Waals surface area contributed by atoms with Gasteiger partial charge < -0.3 is 10.2 Å². The normalized spacial score (nSPS) is 11.8. The lowest BCUT2D eigenvalue weighted by atomic mass is 10.2. The first-order valence-corrected chi connectivity index (χ1v) is 6.63. The summed E-state index contributed by atoms with van der Waals surface area (Å²) in [4.78, 5) is 23.5. The molecule has 0 bridgehead atoms. The van der Waals surface area contributed by atoms with E-state index in [1.807, 2.05) is 0 Å². The quantitative estimate of drug-likeness (QED) is 0.734. The van der Waals surface area contributed by atoms with Crippen LogP contribution in [-0.4, -0.2) is 32.1 Å². The summed E-state index contributed by atoms with van der Waals surface area (Å²) >= 11 is 5.92. The van der Waals surface area contributed by atoms with E-state index in [2.05, 4.69) is 10.6 Å². The number of urea groups is 1. The van der Waals surface area contributed by atoms with Crippen LogP contribution in [-0.2, 0) is 11.3 Å². The van der Waals surface area contributed by atoms with Gasteiger partial charge in [0.05, 0.1) is 17.6 Å². The Morgan fingerprint density at radius 2 is 2.10 bits per heavy atom. The van der Waals surface area contributed by atoms with Crippen molar-refractivity contribution in [2.24, 2.45) is 0 Å². The van der Waals surface area contributed by atoms with Crippen molar-refractivity contribution in [1.29, 1.82) is 0 Å². The first-order chi connectivity index (χ1) is 9.43. The molecule has 0 saturated heterocycles. The van der Waals surface area contributed by atoms with Crippen LogP contribution in [0, 0.1) is 5.82 Å². The van der Waals surface area contributed by atoms with Crippen molar-refractivity contribution in [3.8, 4) is 0 Å². The van der Waals surface area contributed by atoms with Crippen LogP contribution in [0.1, 0.15) is 12.5 Å². The summed E-state index contributed by atoms with van der Waals surface area (Å²) in [5.74, 6) is -0.832. The minimum atomic E-state index is -0.533. The van der Waals surface area contributed by atoms with E-state index in [-0.39, 0.29) is 13.1 Å². The summed E-state index contributed by atoms with van der Waals surface area (Å²) in [6, 6.07) is 3.91. The molecule has 0 aliphatic carbocycles. The second-order valence-corrected chi connectivity index (χ2v) is 4.83. The van der Waals surface area contributed by atoms with Crippen LogP contribution in [0.2, 0.25) is 5.02 Å².